The van der Waals surface area contributed by atoms with Crippen LogP contribution in [-0.2, 0) is 0 Å². The zero-order valence-electron chi connectivity index (χ0n) is 26.3. The molecular formula is C46H26N2O. The molecule has 0 radical (unpaired) electrons. The number of hydrogen-bond acceptors (Lipinski definition) is 1. The molecule has 0 aliphatic rings. The number of furan rings is 1. The van der Waals surface area contributed by atoms with Crippen molar-refractivity contribution >= 4 is 92.6 Å². The Labute approximate surface area is 279 Å². The minimum atomic E-state index is 0.911. The lowest BCUT2D eigenvalue weighted by Gasteiger charge is -2.12. The molecule has 0 saturated carbocycles. The summed E-state index contributed by atoms with van der Waals surface area (Å²) in [5.74, 6) is 0. The van der Waals surface area contributed by atoms with Gasteiger partial charge < -0.3 is 13.4 Å². The van der Waals surface area contributed by atoms with Gasteiger partial charge in [-0.1, -0.05) is 109 Å². The molecule has 0 bridgehead atoms. The van der Waals surface area contributed by atoms with Crippen LogP contribution in [0.25, 0.3) is 109 Å². The summed E-state index contributed by atoms with van der Waals surface area (Å²) in [6.07, 6.45) is 0. The highest BCUT2D eigenvalue weighted by atomic mass is 16.3. The van der Waals surface area contributed by atoms with Gasteiger partial charge in [-0.3, -0.25) is 0 Å². The number of benzene rings is 8. The van der Waals surface area contributed by atoms with Gasteiger partial charge in [-0.15, -0.1) is 0 Å². The molecule has 0 unspecified atom stereocenters. The van der Waals surface area contributed by atoms with E-state index in [1.165, 1.54) is 81.8 Å². The van der Waals surface area contributed by atoms with E-state index < -0.39 is 0 Å². The van der Waals surface area contributed by atoms with Crippen LogP contribution in [0.2, 0.25) is 0 Å². The van der Waals surface area contributed by atoms with Crippen LogP contribution in [0, 0.1) is 0 Å². The molecule has 4 aromatic heterocycles. The molecule has 0 N–H and O–H groups in total. The van der Waals surface area contributed by atoms with Gasteiger partial charge in [-0.05, 0) is 75.8 Å². The lowest BCUT2D eigenvalue weighted by molar-refractivity contribution is 0.669. The summed E-state index contributed by atoms with van der Waals surface area (Å²) in [7, 11) is 0. The molecule has 0 spiro atoms. The summed E-state index contributed by atoms with van der Waals surface area (Å²) in [5.41, 5.74) is 11.5. The molecule has 0 aliphatic carbocycles. The molecule has 0 saturated heterocycles. The Hall–Kier alpha value is -6.58. The summed E-state index contributed by atoms with van der Waals surface area (Å²) in [4.78, 5) is 0. The highest BCUT2D eigenvalue weighted by molar-refractivity contribution is 6.35. The molecule has 0 atom stereocenters. The molecule has 12 aromatic rings. The SMILES string of the molecule is c1cc(-c2cccc3oc4ccccc4c23)cc(-n2c3cccc4c3c3c2ccc2c5ccccc5n(c5ccc6ccccc6c45)c23)c1. The third-order valence-corrected chi connectivity index (χ3v) is 10.8. The van der Waals surface area contributed by atoms with E-state index in [1.54, 1.807) is 0 Å². The summed E-state index contributed by atoms with van der Waals surface area (Å²) >= 11 is 0. The van der Waals surface area contributed by atoms with Gasteiger partial charge in [0.15, 0.2) is 0 Å². The molecule has 3 nitrogen and oxygen atoms in total. The summed E-state index contributed by atoms with van der Waals surface area (Å²) in [6, 6.07) is 57.5. The van der Waals surface area contributed by atoms with Crippen LogP contribution < -0.4 is 0 Å². The van der Waals surface area contributed by atoms with E-state index in [1.807, 2.05) is 6.07 Å². The predicted octanol–water partition coefficient (Wildman–Crippen LogP) is 12.7. The first-order valence-corrected chi connectivity index (χ1v) is 16.9. The van der Waals surface area contributed by atoms with Crippen molar-refractivity contribution in [3.8, 4) is 16.8 Å². The van der Waals surface area contributed by atoms with Gasteiger partial charge in [0.2, 0.25) is 0 Å². The van der Waals surface area contributed by atoms with Crippen molar-refractivity contribution in [2.75, 3.05) is 0 Å². The van der Waals surface area contributed by atoms with E-state index in [-0.39, 0.29) is 0 Å². The van der Waals surface area contributed by atoms with Crippen molar-refractivity contribution in [1.29, 1.82) is 0 Å². The lowest BCUT2D eigenvalue weighted by Crippen LogP contribution is -1.95. The van der Waals surface area contributed by atoms with Gasteiger partial charge in [0.1, 0.15) is 11.2 Å². The van der Waals surface area contributed by atoms with Gasteiger partial charge >= 0.3 is 0 Å². The van der Waals surface area contributed by atoms with Crippen LogP contribution >= 0.6 is 0 Å². The minimum absolute atomic E-state index is 0.911. The van der Waals surface area contributed by atoms with Crippen molar-refractivity contribution in [2.45, 2.75) is 0 Å². The Morgan fingerprint density at radius 1 is 0.388 bits per heavy atom. The first kappa shape index (κ1) is 25.5. The first-order chi connectivity index (χ1) is 24.3. The molecule has 226 valence electrons. The van der Waals surface area contributed by atoms with Crippen LogP contribution in [0.4, 0.5) is 0 Å². The Morgan fingerprint density at radius 3 is 2.06 bits per heavy atom. The monoisotopic (exact) mass is 622 g/mol. The summed E-state index contributed by atoms with van der Waals surface area (Å²) in [6.45, 7) is 0. The molecule has 0 aliphatic heterocycles. The molecule has 49 heavy (non-hydrogen) atoms. The maximum absolute atomic E-state index is 6.28. The van der Waals surface area contributed by atoms with E-state index in [0.29, 0.717) is 0 Å². The zero-order chi connectivity index (χ0) is 31.8. The van der Waals surface area contributed by atoms with Gasteiger partial charge in [0.05, 0.1) is 27.6 Å². The lowest BCUT2D eigenvalue weighted by atomic mass is 9.99. The van der Waals surface area contributed by atoms with Crippen molar-refractivity contribution in [3.63, 3.8) is 0 Å². The third kappa shape index (κ3) is 3.17. The number of nitrogens with zero attached hydrogens (tertiary/aromatic N) is 2. The maximum Gasteiger partial charge on any atom is 0.136 e. The summed E-state index contributed by atoms with van der Waals surface area (Å²) in [5, 5.41) is 12.5. The van der Waals surface area contributed by atoms with Gasteiger partial charge in [-0.25, -0.2) is 0 Å². The van der Waals surface area contributed by atoms with Crippen molar-refractivity contribution < 1.29 is 4.42 Å². The smallest absolute Gasteiger partial charge is 0.136 e. The number of rotatable bonds is 2. The largest absolute Gasteiger partial charge is 0.456 e. The quantitative estimate of drug-likeness (QED) is 0.188. The van der Waals surface area contributed by atoms with Crippen LogP contribution in [0.1, 0.15) is 0 Å². The average Bonchev–Trinajstić information content (AvgIpc) is 3.79. The molecule has 0 fully saturated rings. The van der Waals surface area contributed by atoms with Crippen molar-refractivity contribution in [3.05, 3.63) is 158 Å². The maximum atomic E-state index is 6.28. The number of fused-ring (bicyclic) bond motifs is 11. The Morgan fingerprint density at radius 2 is 1.10 bits per heavy atom. The van der Waals surface area contributed by atoms with E-state index in [2.05, 4.69) is 161 Å². The molecule has 4 heterocycles. The van der Waals surface area contributed by atoms with E-state index in [0.717, 1.165) is 27.6 Å². The molecular weight excluding hydrogens is 597 g/mol. The van der Waals surface area contributed by atoms with Gasteiger partial charge in [0, 0.05) is 43.4 Å². The third-order valence-electron chi connectivity index (χ3n) is 10.8. The second kappa shape index (κ2) is 9.06. The molecule has 0 amide bonds. The van der Waals surface area contributed by atoms with E-state index in [4.69, 9.17) is 4.42 Å². The number of para-hydroxylation sites is 2. The highest BCUT2D eigenvalue weighted by Crippen LogP contribution is 2.47. The Balaban J connectivity index is 1.26. The molecule has 3 heteroatoms. The fourth-order valence-corrected chi connectivity index (χ4v) is 8.89. The molecule has 8 aromatic carbocycles. The topological polar surface area (TPSA) is 22.5 Å². The molecule has 12 rings (SSSR count). The van der Waals surface area contributed by atoms with Gasteiger partial charge in [-0.2, -0.15) is 0 Å². The standard InChI is InChI=1S/C46H26N2O/c1-2-13-30-27(10-1)22-24-38-42(30)35-17-8-19-37-44(35)45-39(25-23-33-32-14-3-5-18-36(32)48(38)46(33)45)47(37)29-12-7-11-28(26-29)31-16-9-21-41-43(31)34-15-4-6-20-40(34)49-41/h1-26H. The van der Waals surface area contributed by atoms with Crippen LogP contribution in [0.5, 0.6) is 0 Å². The van der Waals surface area contributed by atoms with Gasteiger partial charge in [0.25, 0.3) is 0 Å². The predicted molar refractivity (Wildman–Crippen MR) is 206 cm³/mol. The van der Waals surface area contributed by atoms with Crippen LogP contribution in [0.15, 0.2) is 162 Å². The van der Waals surface area contributed by atoms with Crippen LogP contribution in [0.3, 0.4) is 0 Å². The zero-order valence-corrected chi connectivity index (χ0v) is 26.3. The fraction of sp³-hybridized carbons (Fsp3) is 0. The minimum Gasteiger partial charge on any atom is -0.456 e. The van der Waals surface area contributed by atoms with Crippen molar-refractivity contribution in [2.24, 2.45) is 0 Å². The summed E-state index contributed by atoms with van der Waals surface area (Å²) < 4.78 is 11.3. The second-order valence-corrected chi connectivity index (χ2v) is 13.3. The Kier molecular flexibility index (Phi) is 4.72. The Bertz CT molecular complexity index is 3330. The first-order valence-electron chi connectivity index (χ1n) is 16.9. The van der Waals surface area contributed by atoms with E-state index in [9.17, 15) is 0 Å². The fourth-order valence-electron chi connectivity index (χ4n) is 8.89. The normalized spacial score (nSPS) is 12.5. The average molecular weight is 623 g/mol. The van der Waals surface area contributed by atoms with E-state index >= 15 is 0 Å². The highest BCUT2D eigenvalue weighted by Gasteiger charge is 2.24. The van der Waals surface area contributed by atoms with Crippen molar-refractivity contribution in [1.82, 2.24) is 8.97 Å². The van der Waals surface area contributed by atoms with Crippen LogP contribution in [-0.4, -0.2) is 8.97 Å². The number of aromatic nitrogens is 2. The second-order valence-electron chi connectivity index (χ2n) is 13.3. The number of hydrogen-bond donors (Lipinski definition) is 0.